The smallest absolute Gasteiger partial charge is 0.371 e. The van der Waals surface area contributed by atoms with E-state index in [-0.39, 0.29) is 35.5 Å². The first-order valence-corrected chi connectivity index (χ1v) is 9.50. The number of rotatable bonds is 7. The lowest BCUT2D eigenvalue weighted by Crippen LogP contribution is -2.18. The predicted octanol–water partition coefficient (Wildman–Crippen LogP) is 3.69. The number of aromatic carboxylic acids is 1. The number of carboxylic acid groups (broad SMARTS) is 1. The fraction of sp³-hybridized carbons (Fsp3) is 0.174. The Morgan fingerprint density at radius 3 is 2.19 bits per heavy atom. The maximum atomic E-state index is 12.4. The summed E-state index contributed by atoms with van der Waals surface area (Å²) in [5, 5.41) is 9.59. The number of hydrogen-bond acceptors (Lipinski definition) is 7. The van der Waals surface area contributed by atoms with Crippen molar-refractivity contribution in [3.63, 3.8) is 0 Å². The summed E-state index contributed by atoms with van der Waals surface area (Å²) in [6, 6.07) is 12.1. The molecule has 0 bridgehead atoms. The average Bonchev–Trinajstić information content (AvgIpc) is 2.76. The van der Waals surface area contributed by atoms with E-state index >= 15 is 0 Å². The summed E-state index contributed by atoms with van der Waals surface area (Å²) in [6.07, 6.45) is 1.34. The van der Waals surface area contributed by atoms with Crippen molar-refractivity contribution >= 4 is 27.9 Å². The molecule has 0 radical (unpaired) electrons. The van der Waals surface area contributed by atoms with Gasteiger partial charge in [0.15, 0.2) is 10.9 Å². The van der Waals surface area contributed by atoms with Crippen LogP contribution in [0.25, 0.3) is 21.9 Å². The summed E-state index contributed by atoms with van der Waals surface area (Å²) in [5.41, 5.74) is -0.115. The fourth-order valence-electron chi connectivity index (χ4n) is 3.14. The van der Waals surface area contributed by atoms with Gasteiger partial charge < -0.3 is 23.4 Å². The highest BCUT2D eigenvalue weighted by molar-refractivity contribution is 5.89. The lowest BCUT2D eigenvalue weighted by Gasteiger charge is -2.15. The molecule has 2 aromatic carbocycles. The summed E-state index contributed by atoms with van der Waals surface area (Å²) >= 11 is 0. The highest BCUT2D eigenvalue weighted by atomic mass is 16.5. The van der Waals surface area contributed by atoms with Crippen LogP contribution in [0, 0.1) is 5.92 Å². The standard InChI is InChI=1S/C23H18O8/c1-13(11-29-17-5-2-4-16-21(17)14(24)8-9-28-16)12-30-18-6-3-7-19-22(18)15(25)10-20(31-19)23(26)27/h2-10,13H,11-12H2,1H3,(H,26,27). The molecule has 1 unspecified atom stereocenters. The minimum Gasteiger partial charge on any atom is -0.492 e. The molecule has 0 aliphatic heterocycles. The molecule has 1 atom stereocenters. The molecule has 2 heterocycles. The number of fused-ring (bicyclic) bond motifs is 2. The number of ether oxygens (including phenoxy) is 2. The SMILES string of the molecule is CC(COc1cccc2occc(=O)c12)COc1cccc2oc(C(=O)O)cc(=O)c12. The number of carbonyl (C=O) groups is 1. The highest BCUT2D eigenvalue weighted by Crippen LogP contribution is 2.25. The van der Waals surface area contributed by atoms with Gasteiger partial charge in [0.25, 0.3) is 0 Å². The topological polar surface area (TPSA) is 116 Å². The summed E-state index contributed by atoms with van der Waals surface area (Å²) in [4.78, 5) is 35.6. The third kappa shape index (κ3) is 4.13. The molecule has 4 rings (SSSR count). The molecule has 1 N–H and O–H groups in total. The maximum absolute atomic E-state index is 12.4. The molecule has 0 saturated carbocycles. The normalized spacial score (nSPS) is 12.0. The van der Waals surface area contributed by atoms with Gasteiger partial charge in [-0.3, -0.25) is 9.59 Å². The fourth-order valence-corrected chi connectivity index (χ4v) is 3.14. The minimum atomic E-state index is -1.32. The molecular weight excluding hydrogens is 404 g/mol. The Hall–Kier alpha value is -4.07. The zero-order valence-electron chi connectivity index (χ0n) is 16.5. The van der Waals surface area contributed by atoms with Gasteiger partial charge in [-0.2, -0.15) is 0 Å². The zero-order valence-corrected chi connectivity index (χ0v) is 16.5. The lowest BCUT2D eigenvalue weighted by molar-refractivity contribution is 0.0663. The largest absolute Gasteiger partial charge is 0.492 e. The zero-order chi connectivity index (χ0) is 22.0. The van der Waals surface area contributed by atoms with Crippen LogP contribution in [0.4, 0.5) is 0 Å². The molecule has 0 amide bonds. The van der Waals surface area contributed by atoms with Crippen LogP contribution in [0.15, 0.2) is 73.2 Å². The molecular formula is C23H18O8. The minimum absolute atomic E-state index is 0.0911. The first-order valence-electron chi connectivity index (χ1n) is 9.50. The predicted molar refractivity (Wildman–Crippen MR) is 112 cm³/mol. The van der Waals surface area contributed by atoms with Gasteiger partial charge in [-0.1, -0.05) is 19.1 Å². The molecule has 8 nitrogen and oxygen atoms in total. The molecule has 0 aliphatic carbocycles. The first-order chi connectivity index (χ1) is 14.9. The molecule has 0 fully saturated rings. The van der Waals surface area contributed by atoms with E-state index in [0.29, 0.717) is 22.5 Å². The van der Waals surface area contributed by atoms with Crippen molar-refractivity contribution in [3.8, 4) is 11.5 Å². The van der Waals surface area contributed by atoms with Crippen molar-refractivity contribution in [3.05, 3.63) is 81.0 Å². The summed E-state index contributed by atoms with van der Waals surface area (Å²) < 4.78 is 22.2. The van der Waals surface area contributed by atoms with E-state index in [1.54, 1.807) is 30.3 Å². The molecule has 0 spiro atoms. The van der Waals surface area contributed by atoms with Crippen molar-refractivity contribution in [2.75, 3.05) is 13.2 Å². The highest BCUT2D eigenvalue weighted by Gasteiger charge is 2.15. The van der Waals surface area contributed by atoms with Crippen LogP contribution < -0.4 is 20.3 Å². The van der Waals surface area contributed by atoms with Crippen LogP contribution in [0.2, 0.25) is 0 Å². The van der Waals surface area contributed by atoms with Crippen LogP contribution in [0.3, 0.4) is 0 Å². The van der Waals surface area contributed by atoms with Gasteiger partial charge in [0, 0.05) is 18.1 Å². The Labute approximate surface area is 175 Å². The lowest BCUT2D eigenvalue weighted by atomic mass is 10.2. The second-order valence-electron chi connectivity index (χ2n) is 7.05. The third-order valence-electron chi connectivity index (χ3n) is 4.62. The summed E-state index contributed by atoms with van der Waals surface area (Å²) in [5.74, 6) is -1.13. The van der Waals surface area contributed by atoms with Gasteiger partial charge in [-0.25, -0.2) is 4.79 Å². The Kier molecular flexibility index (Phi) is 5.44. The van der Waals surface area contributed by atoms with Gasteiger partial charge in [0.05, 0.1) is 19.5 Å². The molecule has 0 saturated heterocycles. The molecule has 0 aliphatic rings. The Morgan fingerprint density at radius 1 is 0.935 bits per heavy atom. The molecule has 4 aromatic rings. The van der Waals surface area contributed by atoms with Crippen molar-refractivity contribution in [2.45, 2.75) is 6.92 Å². The van der Waals surface area contributed by atoms with Gasteiger partial charge in [-0.15, -0.1) is 0 Å². The van der Waals surface area contributed by atoms with E-state index in [0.717, 1.165) is 6.07 Å². The first kappa shape index (κ1) is 20.2. The van der Waals surface area contributed by atoms with Crippen LogP contribution in [0.5, 0.6) is 11.5 Å². The number of benzene rings is 2. The van der Waals surface area contributed by atoms with Crippen LogP contribution in [-0.2, 0) is 0 Å². The molecule has 31 heavy (non-hydrogen) atoms. The van der Waals surface area contributed by atoms with Crippen LogP contribution in [-0.4, -0.2) is 24.3 Å². The van der Waals surface area contributed by atoms with Gasteiger partial charge in [0.2, 0.25) is 5.76 Å². The summed E-state index contributed by atoms with van der Waals surface area (Å²) in [6.45, 7) is 2.37. The summed E-state index contributed by atoms with van der Waals surface area (Å²) in [7, 11) is 0. The monoisotopic (exact) mass is 422 g/mol. The van der Waals surface area contributed by atoms with Crippen molar-refractivity contribution in [1.82, 2.24) is 0 Å². The van der Waals surface area contributed by atoms with Gasteiger partial charge >= 0.3 is 5.97 Å². The Balaban J connectivity index is 1.48. The van der Waals surface area contributed by atoms with E-state index in [1.807, 2.05) is 6.92 Å². The van der Waals surface area contributed by atoms with Crippen LogP contribution in [0.1, 0.15) is 17.5 Å². The van der Waals surface area contributed by atoms with Crippen LogP contribution >= 0.6 is 0 Å². The van der Waals surface area contributed by atoms with E-state index in [9.17, 15) is 14.4 Å². The van der Waals surface area contributed by atoms with E-state index in [2.05, 4.69) is 0 Å². The number of hydrogen-bond donors (Lipinski definition) is 1. The Morgan fingerprint density at radius 2 is 1.55 bits per heavy atom. The maximum Gasteiger partial charge on any atom is 0.371 e. The van der Waals surface area contributed by atoms with Crippen molar-refractivity contribution in [2.24, 2.45) is 5.92 Å². The van der Waals surface area contributed by atoms with E-state index < -0.39 is 17.2 Å². The number of carboxylic acids is 1. The van der Waals surface area contributed by atoms with Crippen molar-refractivity contribution < 1.29 is 28.2 Å². The second kappa shape index (κ2) is 8.35. The molecule has 2 aromatic heterocycles. The van der Waals surface area contributed by atoms with E-state index in [1.165, 1.54) is 18.4 Å². The van der Waals surface area contributed by atoms with Gasteiger partial charge in [0.1, 0.15) is 33.4 Å². The van der Waals surface area contributed by atoms with E-state index in [4.69, 9.17) is 23.4 Å². The van der Waals surface area contributed by atoms with Gasteiger partial charge in [-0.05, 0) is 24.3 Å². The third-order valence-corrected chi connectivity index (χ3v) is 4.62. The second-order valence-corrected chi connectivity index (χ2v) is 7.05. The Bertz CT molecular complexity index is 1380. The molecule has 8 heteroatoms. The average molecular weight is 422 g/mol. The quantitative estimate of drug-likeness (QED) is 0.479. The molecule has 158 valence electrons. The van der Waals surface area contributed by atoms with Crippen molar-refractivity contribution in [1.29, 1.82) is 0 Å².